The molecule has 1 N–H and O–H groups in total. The fourth-order valence-electron chi connectivity index (χ4n) is 2.49. The number of rotatable bonds is 4. The number of nitrogens with zero attached hydrogens (tertiary/aromatic N) is 2. The lowest BCUT2D eigenvalue weighted by Crippen LogP contribution is -2.00. The minimum Gasteiger partial charge on any atom is -0.478 e. The number of aromatic nitrogens is 2. The van der Waals surface area contributed by atoms with Gasteiger partial charge in [-0.25, -0.2) is 9.78 Å². The summed E-state index contributed by atoms with van der Waals surface area (Å²) in [4.78, 5) is 15.3. The number of benzene rings is 2. The van der Waals surface area contributed by atoms with Crippen LogP contribution in [0.3, 0.4) is 0 Å². The number of carbonyl (C=O) groups is 1. The van der Waals surface area contributed by atoms with Gasteiger partial charge in [-0.1, -0.05) is 29.8 Å². The van der Waals surface area contributed by atoms with Crippen molar-refractivity contribution in [3.63, 3.8) is 0 Å². The SMILES string of the molecule is Cc1cccc(CCn2cnc3cc(C(=O)O)ccc32)c1. The lowest BCUT2D eigenvalue weighted by molar-refractivity contribution is 0.0697. The van der Waals surface area contributed by atoms with E-state index >= 15 is 0 Å². The van der Waals surface area contributed by atoms with Crippen LogP contribution >= 0.6 is 0 Å². The number of carboxylic acids is 1. The number of carboxylic acid groups (broad SMARTS) is 1. The smallest absolute Gasteiger partial charge is 0.335 e. The maximum absolute atomic E-state index is 11.0. The van der Waals surface area contributed by atoms with Crippen LogP contribution in [0.1, 0.15) is 21.5 Å². The highest BCUT2D eigenvalue weighted by molar-refractivity contribution is 5.92. The molecule has 0 amide bonds. The predicted molar refractivity (Wildman–Crippen MR) is 81.6 cm³/mol. The number of imidazole rings is 1. The fourth-order valence-corrected chi connectivity index (χ4v) is 2.49. The topological polar surface area (TPSA) is 55.1 Å². The summed E-state index contributed by atoms with van der Waals surface area (Å²) < 4.78 is 2.06. The van der Waals surface area contributed by atoms with Gasteiger partial charge in [0.2, 0.25) is 0 Å². The molecule has 0 bridgehead atoms. The molecule has 3 aromatic rings. The second-order valence-electron chi connectivity index (χ2n) is 5.19. The Morgan fingerprint density at radius 1 is 1.24 bits per heavy atom. The summed E-state index contributed by atoms with van der Waals surface area (Å²) in [5, 5.41) is 8.99. The van der Waals surface area contributed by atoms with Gasteiger partial charge < -0.3 is 9.67 Å². The maximum atomic E-state index is 11.0. The molecule has 0 radical (unpaired) electrons. The minimum absolute atomic E-state index is 0.270. The van der Waals surface area contributed by atoms with Crippen LogP contribution in [0.15, 0.2) is 48.8 Å². The van der Waals surface area contributed by atoms with Gasteiger partial charge in [-0.05, 0) is 37.1 Å². The van der Waals surface area contributed by atoms with Gasteiger partial charge >= 0.3 is 5.97 Å². The number of hydrogen-bond donors (Lipinski definition) is 1. The van der Waals surface area contributed by atoms with Crippen LogP contribution < -0.4 is 0 Å². The van der Waals surface area contributed by atoms with E-state index < -0.39 is 5.97 Å². The van der Waals surface area contributed by atoms with Gasteiger partial charge in [-0.3, -0.25) is 0 Å². The molecule has 4 heteroatoms. The van der Waals surface area contributed by atoms with Crippen LogP contribution in [0.4, 0.5) is 0 Å². The molecule has 3 rings (SSSR count). The summed E-state index contributed by atoms with van der Waals surface area (Å²) in [5.41, 5.74) is 4.51. The Morgan fingerprint density at radius 2 is 2.10 bits per heavy atom. The number of hydrogen-bond acceptors (Lipinski definition) is 2. The molecule has 21 heavy (non-hydrogen) atoms. The van der Waals surface area contributed by atoms with Gasteiger partial charge in [0, 0.05) is 6.54 Å². The monoisotopic (exact) mass is 280 g/mol. The Morgan fingerprint density at radius 3 is 2.86 bits per heavy atom. The van der Waals surface area contributed by atoms with Crippen LogP contribution in [0.25, 0.3) is 11.0 Å². The molecule has 1 heterocycles. The quantitative estimate of drug-likeness (QED) is 0.798. The highest BCUT2D eigenvalue weighted by Gasteiger charge is 2.07. The average molecular weight is 280 g/mol. The van der Waals surface area contributed by atoms with Crippen molar-refractivity contribution in [1.82, 2.24) is 9.55 Å². The van der Waals surface area contributed by atoms with Crippen molar-refractivity contribution in [2.24, 2.45) is 0 Å². The van der Waals surface area contributed by atoms with Crippen molar-refractivity contribution in [3.8, 4) is 0 Å². The molecular formula is C17H16N2O2. The van der Waals surface area contributed by atoms with Crippen molar-refractivity contribution < 1.29 is 9.90 Å². The van der Waals surface area contributed by atoms with Gasteiger partial charge in [0.25, 0.3) is 0 Å². The maximum Gasteiger partial charge on any atom is 0.335 e. The van der Waals surface area contributed by atoms with E-state index in [4.69, 9.17) is 5.11 Å². The molecule has 0 unspecified atom stereocenters. The third kappa shape index (κ3) is 2.79. The zero-order valence-electron chi connectivity index (χ0n) is 11.8. The van der Waals surface area contributed by atoms with Crippen LogP contribution in [0, 0.1) is 6.92 Å². The molecular weight excluding hydrogens is 264 g/mol. The molecule has 0 aliphatic heterocycles. The largest absolute Gasteiger partial charge is 0.478 e. The zero-order chi connectivity index (χ0) is 14.8. The van der Waals surface area contributed by atoms with Crippen LogP contribution in [-0.2, 0) is 13.0 Å². The molecule has 0 aliphatic rings. The molecule has 4 nitrogen and oxygen atoms in total. The predicted octanol–water partition coefficient (Wildman–Crippen LogP) is 3.29. The van der Waals surface area contributed by atoms with E-state index in [1.54, 1.807) is 18.5 Å². The van der Waals surface area contributed by atoms with Gasteiger partial charge in [0.05, 0.1) is 22.9 Å². The average Bonchev–Trinajstić information content (AvgIpc) is 2.87. The molecule has 106 valence electrons. The molecule has 2 aromatic carbocycles. The van der Waals surface area contributed by atoms with Gasteiger partial charge in [-0.15, -0.1) is 0 Å². The van der Waals surface area contributed by atoms with E-state index in [1.165, 1.54) is 11.1 Å². The van der Waals surface area contributed by atoms with Crippen molar-refractivity contribution in [3.05, 3.63) is 65.5 Å². The van der Waals surface area contributed by atoms with Crippen LogP contribution in [0.5, 0.6) is 0 Å². The summed E-state index contributed by atoms with van der Waals surface area (Å²) in [6.45, 7) is 2.91. The van der Waals surface area contributed by atoms with E-state index in [2.05, 4.69) is 40.7 Å². The van der Waals surface area contributed by atoms with E-state index in [0.717, 1.165) is 24.0 Å². The molecule has 0 fully saturated rings. The van der Waals surface area contributed by atoms with Crippen LogP contribution in [-0.4, -0.2) is 20.6 Å². The summed E-state index contributed by atoms with van der Waals surface area (Å²) in [6, 6.07) is 13.5. The van der Waals surface area contributed by atoms with E-state index in [0.29, 0.717) is 0 Å². The molecule has 0 aliphatic carbocycles. The lowest BCUT2D eigenvalue weighted by Gasteiger charge is -2.05. The first kappa shape index (κ1) is 13.4. The first-order chi connectivity index (χ1) is 10.1. The second-order valence-corrected chi connectivity index (χ2v) is 5.19. The Kier molecular flexibility index (Phi) is 3.44. The first-order valence-corrected chi connectivity index (χ1v) is 6.87. The minimum atomic E-state index is -0.925. The van der Waals surface area contributed by atoms with E-state index in [-0.39, 0.29) is 5.56 Å². The summed E-state index contributed by atoms with van der Waals surface area (Å²) in [7, 11) is 0. The zero-order valence-corrected chi connectivity index (χ0v) is 11.8. The highest BCUT2D eigenvalue weighted by Crippen LogP contribution is 2.16. The van der Waals surface area contributed by atoms with Crippen molar-refractivity contribution >= 4 is 17.0 Å². The number of aromatic carboxylic acids is 1. The normalized spacial score (nSPS) is 10.9. The lowest BCUT2D eigenvalue weighted by atomic mass is 10.1. The Labute approximate surface area is 122 Å². The first-order valence-electron chi connectivity index (χ1n) is 6.87. The number of aryl methyl sites for hydroxylation is 3. The number of fused-ring (bicyclic) bond motifs is 1. The standard InChI is InChI=1S/C17H16N2O2/c1-12-3-2-4-13(9-12)7-8-19-11-18-15-10-14(17(20)21)5-6-16(15)19/h2-6,9-11H,7-8H2,1H3,(H,20,21). The van der Waals surface area contributed by atoms with Crippen molar-refractivity contribution in [1.29, 1.82) is 0 Å². The fraction of sp³-hybridized carbons (Fsp3) is 0.176. The third-order valence-electron chi connectivity index (χ3n) is 3.59. The second kappa shape index (κ2) is 5.40. The highest BCUT2D eigenvalue weighted by atomic mass is 16.4. The van der Waals surface area contributed by atoms with E-state index in [9.17, 15) is 4.79 Å². The molecule has 0 atom stereocenters. The molecule has 0 spiro atoms. The molecule has 0 saturated heterocycles. The summed E-state index contributed by atoms with van der Waals surface area (Å²) >= 11 is 0. The van der Waals surface area contributed by atoms with E-state index in [1.807, 2.05) is 6.07 Å². The van der Waals surface area contributed by atoms with Gasteiger partial charge in [-0.2, -0.15) is 0 Å². The Balaban J connectivity index is 1.83. The third-order valence-corrected chi connectivity index (χ3v) is 3.59. The summed E-state index contributed by atoms with van der Waals surface area (Å²) in [5.74, 6) is -0.925. The van der Waals surface area contributed by atoms with Crippen molar-refractivity contribution in [2.45, 2.75) is 19.9 Å². The molecule has 0 saturated carbocycles. The summed E-state index contributed by atoms with van der Waals surface area (Å²) in [6.07, 6.45) is 2.69. The Bertz CT molecular complexity index is 805. The van der Waals surface area contributed by atoms with Crippen LogP contribution in [0.2, 0.25) is 0 Å². The molecule has 1 aromatic heterocycles. The van der Waals surface area contributed by atoms with Crippen molar-refractivity contribution in [2.75, 3.05) is 0 Å². The van der Waals surface area contributed by atoms with Gasteiger partial charge in [0.15, 0.2) is 0 Å². The Hall–Kier alpha value is -2.62. The van der Waals surface area contributed by atoms with Gasteiger partial charge in [0.1, 0.15) is 0 Å².